The van der Waals surface area contributed by atoms with E-state index in [2.05, 4.69) is 4.99 Å². The van der Waals surface area contributed by atoms with Gasteiger partial charge in [-0.05, 0) is 22.9 Å². The van der Waals surface area contributed by atoms with Crippen molar-refractivity contribution in [1.82, 2.24) is 4.57 Å². The number of nitrogens with zero attached hydrogens (tertiary/aromatic N) is 3. The quantitative estimate of drug-likeness (QED) is 0.284. The molecule has 0 N–H and O–H groups in total. The number of rotatable bonds is 4. The van der Waals surface area contributed by atoms with E-state index < -0.39 is 16.8 Å². The molecule has 30 heavy (non-hydrogen) atoms. The van der Waals surface area contributed by atoms with Crippen molar-refractivity contribution in [3.63, 3.8) is 0 Å². The molecule has 0 bridgehead atoms. The van der Waals surface area contributed by atoms with Crippen molar-refractivity contribution in [2.45, 2.75) is 6.54 Å². The number of ether oxygens (including phenoxy) is 1. The Kier molecular flexibility index (Phi) is 5.11. The Morgan fingerprint density at radius 3 is 2.67 bits per heavy atom. The molecule has 1 aromatic heterocycles. The Bertz CT molecular complexity index is 1380. The van der Waals surface area contributed by atoms with Crippen LogP contribution in [0.25, 0.3) is 21.0 Å². The predicted molar refractivity (Wildman–Crippen MR) is 112 cm³/mol. The molecule has 0 fully saturated rings. The van der Waals surface area contributed by atoms with Gasteiger partial charge in [-0.3, -0.25) is 19.7 Å². The fourth-order valence-electron chi connectivity index (χ4n) is 3.17. The van der Waals surface area contributed by atoms with Crippen molar-refractivity contribution in [2.75, 3.05) is 7.11 Å². The number of hydrogen-bond acceptors (Lipinski definition) is 6. The minimum Gasteiger partial charge on any atom is -0.468 e. The van der Waals surface area contributed by atoms with Crippen LogP contribution in [0.15, 0.2) is 65.7 Å². The molecular weight excluding hydrogens is 406 g/mol. The SMILES string of the molecule is COC(=O)Cn1c(=NC(=O)c2cccc3ccccc23)sc2cc([N+](=O)[O-])ccc21. The van der Waals surface area contributed by atoms with Crippen LogP contribution in [-0.2, 0) is 16.1 Å². The van der Waals surface area contributed by atoms with Crippen molar-refractivity contribution >= 4 is 49.9 Å². The van der Waals surface area contributed by atoms with E-state index in [1.54, 1.807) is 12.1 Å². The molecule has 150 valence electrons. The maximum absolute atomic E-state index is 13.0. The van der Waals surface area contributed by atoms with E-state index >= 15 is 0 Å². The molecule has 1 heterocycles. The van der Waals surface area contributed by atoms with Crippen molar-refractivity contribution in [2.24, 2.45) is 4.99 Å². The summed E-state index contributed by atoms with van der Waals surface area (Å²) in [7, 11) is 1.26. The summed E-state index contributed by atoms with van der Waals surface area (Å²) in [6.07, 6.45) is 0. The van der Waals surface area contributed by atoms with E-state index in [0.717, 1.165) is 22.1 Å². The summed E-state index contributed by atoms with van der Waals surface area (Å²) in [5.41, 5.74) is 0.905. The van der Waals surface area contributed by atoms with E-state index in [1.165, 1.54) is 29.9 Å². The molecule has 0 spiro atoms. The minimum absolute atomic E-state index is 0.0825. The molecule has 4 aromatic rings. The van der Waals surface area contributed by atoms with Gasteiger partial charge in [-0.25, -0.2) is 0 Å². The van der Waals surface area contributed by atoms with Crippen LogP contribution < -0.4 is 4.80 Å². The maximum atomic E-state index is 13.0. The summed E-state index contributed by atoms with van der Waals surface area (Å²) in [6, 6.07) is 17.1. The number of methoxy groups -OCH3 is 1. The summed E-state index contributed by atoms with van der Waals surface area (Å²) in [6.45, 7) is -0.171. The molecular formula is C21H15N3O5S. The first-order valence-electron chi connectivity index (χ1n) is 8.89. The smallest absolute Gasteiger partial charge is 0.325 e. The third-order valence-corrected chi connectivity index (χ3v) is 5.65. The molecule has 0 saturated heterocycles. The van der Waals surface area contributed by atoms with E-state index in [-0.39, 0.29) is 17.0 Å². The van der Waals surface area contributed by atoms with Crippen LogP contribution in [0.5, 0.6) is 0 Å². The van der Waals surface area contributed by atoms with Gasteiger partial charge in [0.1, 0.15) is 6.54 Å². The average molecular weight is 421 g/mol. The Balaban J connectivity index is 1.90. The van der Waals surface area contributed by atoms with Gasteiger partial charge in [0.25, 0.3) is 11.6 Å². The normalized spacial score (nSPS) is 11.7. The Hall–Kier alpha value is -3.85. The Labute approximate surface area is 173 Å². The molecule has 1 amide bonds. The fraction of sp³-hybridized carbons (Fsp3) is 0.0952. The highest BCUT2D eigenvalue weighted by molar-refractivity contribution is 7.16. The zero-order chi connectivity index (χ0) is 21.3. The van der Waals surface area contributed by atoms with Crippen LogP contribution in [0, 0.1) is 10.1 Å². The first kappa shape index (κ1) is 19.5. The summed E-state index contributed by atoms with van der Waals surface area (Å²) in [5.74, 6) is -0.987. The van der Waals surface area contributed by atoms with Gasteiger partial charge in [0, 0.05) is 17.7 Å². The van der Waals surface area contributed by atoms with Gasteiger partial charge in [0.15, 0.2) is 4.80 Å². The molecule has 0 aliphatic heterocycles. The second kappa shape index (κ2) is 7.88. The number of nitro benzene ring substituents is 1. The summed E-state index contributed by atoms with van der Waals surface area (Å²) >= 11 is 1.10. The number of esters is 1. The van der Waals surface area contributed by atoms with Gasteiger partial charge in [-0.15, -0.1) is 0 Å². The van der Waals surface area contributed by atoms with Gasteiger partial charge in [0.05, 0.1) is 22.2 Å². The van der Waals surface area contributed by atoms with Crippen LogP contribution >= 0.6 is 11.3 Å². The molecule has 0 saturated carbocycles. The molecule has 9 heteroatoms. The van der Waals surface area contributed by atoms with Gasteiger partial charge in [-0.1, -0.05) is 47.7 Å². The first-order valence-corrected chi connectivity index (χ1v) is 9.71. The average Bonchev–Trinajstić information content (AvgIpc) is 3.09. The topological polar surface area (TPSA) is 104 Å². The number of hydrogen-bond donors (Lipinski definition) is 0. The van der Waals surface area contributed by atoms with Crippen molar-refractivity contribution in [3.05, 3.63) is 81.1 Å². The largest absolute Gasteiger partial charge is 0.468 e. The van der Waals surface area contributed by atoms with Gasteiger partial charge < -0.3 is 9.30 Å². The number of thiazole rings is 1. The van der Waals surface area contributed by atoms with Crippen molar-refractivity contribution in [1.29, 1.82) is 0 Å². The first-order chi connectivity index (χ1) is 14.5. The lowest BCUT2D eigenvalue weighted by atomic mass is 10.0. The monoisotopic (exact) mass is 421 g/mol. The van der Waals surface area contributed by atoms with E-state index in [0.29, 0.717) is 15.8 Å². The highest BCUT2D eigenvalue weighted by atomic mass is 32.1. The predicted octanol–water partition coefficient (Wildman–Crippen LogP) is 3.68. The molecule has 0 radical (unpaired) electrons. The lowest BCUT2D eigenvalue weighted by molar-refractivity contribution is -0.384. The zero-order valence-corrected chi connectivity index (χ0v) is 16.6. The zero-order valence-electron chi connectivity index (χ0n) is 15.8. The lowest BCUT2D eigenvalue weighted by Gasteiger charge is -2.04. The van der Waals surface area contributed by atoms with E-state index in [4.69, 9.17) is 4.74 Å². The van der Waals surface area contributed by atoms with Crippen molar-refractivity contribution < 1.29 is 19.2 Å². The lowest BCUT2D eigenvalue weighted by Crippen LogP contribution is -2.22. The standard InChI is InChI=1S/C21H15N3O5S/c1-29-19(25)12-23-17-10-9-14(24(27)28)11-18(17)30-21(23)22-20(26)16-8-4-6-13-5-2-3-7-15(13)16/h2-11H,12H2,1H3. The highest BCUT2D eigenvalue weighted by Crippen LogP contribution is 2.24. The number of nitro groups is 1. The van der Waals surface area contributed by atoms with Gasteiger partial charge in [0.2, 0.25) is 0 Å². The number of benzene rings is 3. The van der Waals surface area contributed by atoms with Crippen molar-refractivity contribution in [3.8, 4) is 0 Å². The number of aromatic nitrogens is 1. The number of amides is 1. The highest BCUT2D eigenvalue weighted by Gasteiger charge is 2.16. The van der Waals surface area contributed by atoms with Gasteiger partial charge >= 0.3 is 5.97 Å². The van der Waals surface area contributed by atoms with Crippen LogP contribution in [0.2, 0.25) is 0 Å². The molecule has 8 nitrogen and oxygen atoms in total. The van der Waals surface area contributed by atoms with Crippen LogP contribution in [0.1, 0.15) is 10.4 Å². The maximum Gasteiger partial charge on any atom is 0.325 e. The summed E-state index contributed by atoms with van der Waals surface area (Å²) in [4.78, 5) is 40.0. The molecule has 0 unspecified atom stereocenters. The Morgan fingerprint density at radius 1 is 1.13 bits per heavy atom. The van der Waals surface area contributed by atoms with Crippen LogP contribution in [0.3, 0.4) is 0 Å². The molecule has 0 atom stereocenters. The fourth-order valence-corrected chi connectivity index (χ4v) is 4.23. The van der Waals surface area contributed by atoms with Crippen LogP contribution in [-0.4, -0.2) is 28.5 Å². The molecule has 0 aliphatic carbocycles. The number of fused-ring (bicyclic) bond motifs is 2. The minimum atomic E-state index is -0.521. The molecule has 0 aliphatic rings. The second-order valence-electron chi connectivity index (χ2n) is 6.40. The van der Waals surface area contributed by atoms with E-state index in [9.17, 15) is 19.7 Å². The number of carbonyl (C=O) groups is 2. The summed E-state index contributed by atoms with van der Waals surface area (Å²) < 4.78 is 6.81. The van der Waals surface area contributed by atoms with Crippen LogP contribution in [0.4, 0.5) is 5.69 Å². The molecule has 4 rings (SSSR count). The van der Waals surface area contributed by atoms with E-state index in [1.807, 2.05) is 30.3 Å². The van der Waals surface area contributed by atoms with Gasteiger partial charge in [-0.2, -0.15) is 4.99 Å². The summed E-state index contributed by atoms with van der Waals surface area (Å²) in [5, 5.41) is 12.8. The third-order valence-electron chi connectivity index (χ3n) is 4.61. The molecule has 3 aromatic carbocycles. The second-order valence-corrected chi connectivity index (χ2v) is 7.41. The number of carbonyl (C=O) groups excluding carboxylic acids is 2. The Morgan fingerprint density at radius 2 is 1.90 bits per heavy atom. The number of non-ortho nitro benzene ring substituents is 1. The third kappa shape index (κ3) is 3.58.